The second kappa shape index (κ2) is 7.29. The molecule has 1 amide bonds. The summed E-state index contributed by atoms with van der Waals surface area (Å²) < 4.78 is 0. The van der Waals surface area contributed by atoms with Gasteiger partial charge in [-0.25, -0.2) is 0 Å². The highest BCUT2D eigenvalue weighted by Crippen LogP contribution is 2.23. The van der Waals surface area contributed by atoms with E-state index in [4.69, 9.17) is 0 Å². The standard InChI is InChI=1S/C16H26N2O/c1-6-7-12-18(5)16(19)15(17(3)4)14-11-9-8-10-13(14)2/h8-11,15H,6-7,12H2,1-5H3/t15-/m1/s1. The fourth-order valence-corrected chi connectivity index (χ4v) is 2.24. The zero-order valence-electron chi connectivity index (χ0n) is 12.8. The molecule has 0 N–H and O–H groups in total. The second-order valence-corrected chi connectivity index (χ2v) is 5.34. The van der Waals surface area contributed by atoms with Gasteiger partial charge >= 0.3 is 0 Å². The maximum absolute atomic E-state index is 12.6. The van der Waals surface area contributed by atoms with Gasteiger partial charge in [0.15, 0.2) is 0 Å². The van der Waals surface area contributed by atoms with Gasteiger partial charge in [-0.15, -0.1) is 0 Å². The number of nitrogens with zero attached hydrogens (tertiary/aromatic N) is 2. The molecule has 19 heavy (non-hydrogen) atoms. The lowest BCUT2D eigenvalue weighted by Gasteiger charge is -2.29. The highest BCUT2D eigenvalue weighted by atomic mass is 16.2. The SMILES string of the molecule is CCCCN(C)C(=O)[C@@H](c1ccccc1C)N(C)C. The molecular formula is C16H26N2O. The Morgan fingerprint density at radius 1 is 1.21 bits per heavy atom. The van der Waals surface area contributed by atoms with Crippen molar-refractivity contribution in [2.24, 2.45) is 0 Å². The number of carbonyl (C=O) groups is 1. The summed E-state index contributed by atoms with van der Waals surface area (Å²) in [4.78, 5) is 16.5. The summed E-state index contributed by atoms with van der Waals surface area (Å²) in [6, 6.07) is 7.93. The average molecular weight is 262 g/mol. The Bertz CT molecular complexity index is 415. The van der Waals surface area contributed by atoms with Gasteiger partial charge in [0, 0.05) is 13.6 Å². The smallest absolute Gasteiger partial charge is 0.244 e. The minimum absolute atomic E-state index is 0.174. The molecular weight excluding hydrogens is 236 g/mol. The molecule has 0 saturated carbocycles. The molecule has 1 aromatic rings. The maximum Gasteiger partial charge on any atom is 0.244 e. The molecule has 0 fully saturated rings. The number of benzene rings is 1. The van der Waals surface area contributed by atoms with Crippen molar-refractivity contribution in [3.63, 3.8) is 0 Å². The van der Waals surface area contributed by atoms with Crippen molar-refractivity contribution in [1.82, 2.24) is 9.80 Å². The second-order valence-electron chi connectivity index (χ2n) is 5.34. The van der Waals surface area contributed by atoms with Crippen molar-refractivity contribution in [3.05, 3.63) is 35.4 Å². The fraction of sp³-hybridized carbons (Fsp3) is 0.562. The molecule has 0 aliphatic carbocycles. The van der Waals surface area contributed by atoms with E-state index in [2.05, 4.69) is 19.9 Å². The van der Waals surface area contributed by atoms with Crippen molar-refractivity contribution >= 4 is 5.91 Å². The zero-order chi connectivity index (χ0) is 14.4. The van der Waals surface area contributed by atoms with Crippen LogP contribution in [0.4, 0.5) is 0 Å². The lowest BCUT2D eigenvalue weighted by Crippen LogP contribution is -2.39. The van der Waals surface area contributed by atoms with Crippen LogP contribution in [0, 0.1) is 6.92 Å². The number of rotatable bonds is 6. The van der Waals surface area contributed by atoms with E-state index in [1.165, 1.54) is 5.56 Å². The Morgan fingerprint density at radius 2 is 1.84 bits per heavy atom. The number of aryl methyl sites for hydroxylation is 1. The van der Waals surface area contributed by atoms with E-state index in [0.717, 1.165) is 24.9 Å². The van der Waals surface area contributed by atoms with E-state index < -0.39 is 0 Å². The van der Waals surface area contributed by atoms with Crippen LogP contribution in [0.1, 0.15) is 36.9 Å². The molecule has 0 aromatic heterocycles. The topological polar surface area (TPSA) is 23.6 Å². The van der Waals surface area contributed by atoms with Crippen molar-refractivity contribution in [2.45, 2.75) is 32.7 Å². The summed E-state index contributed by atoms with van der Waals surface area (Å²) in [6.45, 7) is 5.03. The van der Waals surface area contributed by atoms with Gasteiger partial charge in [0.2, 0.25) is 5.91 Å². The third-order valence-electron chi connectivity index (χ3n) is 3.46. The van der Waals surface area contributed by atoms with Crippen LogP contribution in [-0.4, -0.2) is 43.4 Å². The van der Waals surface area contributed by atoms with Gasteiger partial charge in [-0.3, -0.25) is 9.69 Å². The van der Waals surface area contributed by atoms with E-state index in [9.17, 15) is 4.79 Å². The predicted octanol–water partition coefficient (Wildman–Crippen LogP) is 2.86. The van der Waals surface area contributed by atoms with E-state index in [0.29, 0.717) is 0 Å². The Labute approximate surface area is 117 Å². The monoisotopic (exact) mass is 262 g/mol. The normalized spacial score (nSPS) is 12.5. The number of carbonyl (C=O) groups excluding carboxylic acids is 1. The van der Waals surface area contributed by atoms with E-state index in [1.807, 2.05) is 49.1 Å². The Hall–Kier alpha value is -1.35. The summed E-state index contributed by atoms with van der Waals surface area (Å²) in [5.74, 6) is 0.174. The van der Waals surface area contributed by atoms with E-state index in [1.54, 1.807) is 0 Å². The van der Waals surface area contributed by atoms with Crippen LogP contribution < -0.4 is 0 Å². The Kier molecular flexibility index (Phi) is 6.03. The van der Waals surface area contributed by atoms with Gasteiger partial charge < -0.3 is 4.90 Å². The van der Waals surface area contributed by atoms with Crippen LogP contribution in [0.15, 0.2) is 24.3 Å². The first-order valence-corrected chi connectivity index (χ1v) is 6.96. The fourth-order valence-electron chi connectivity index (χ4n) is 2.24. The lowest BCUT2D eigenvalue weighted by atomic mass is 9.99. The molecule has 1 rings (SSSR count). The number of unbranched alkanes of at least 4 members (excludes halogenated alkanes) is 1. The van der Waals surface area contributed by atoms with Gasteiger partial charge in [0.1, 0.15) is 6.04 Å². The molecule has 0 unspecified atom stereocenters. The van der Waals surface area contributed by atoms with Crippen LogP contribution in [0.25, 0.3) is 0 Å². The molecule has 0 aliphatic rings. The molecule has 0 aliphatic heterocycles. The zero-order valence-corrected chi connectivity index (χ0v) is 12.8. The minimum Gasteiger partial charge on any atom is -0.344 e. The highest BCUT2D eigenvalue weighted by molar-refractivity contribution is 5.83. The van der Waals surface area contributed by atoms with Gasteiger partial charge in [-0.05, 0) is 38.6 Å². The molecule has 0 saturated heterocycles. The molecule has 106 valence electrons. The van der Waals surface area contributed by atoms with Crippen LogP contribution in [0.3, 0.4) is 0 Å². The van der Waals surface area contributed by atoms with Gasteiger partial charge in [-0.2, -0.15) is 0 Å². The molecule has 1 aromatic carbocycles. The molecule has 0 heterocycles. The Morgan fingerprint density at radius 3 is 2.37 bits per heavy atom. The van der Waals surface area contributed by atoms with Crippen molar-refractivity contribution in [1.29, 1.82) is 0 Å². The quantitative estimate of drug-likeness (QED) is 0.787. The van der Waals surface area contributed by atoms with Crippen LogP contribution in [0.2, 0.25) is 0 Å². The highest BCUT2D eigenvalue weighted by Gasteiger charge is 2.26. The molecule has 0 spiro atoms. The first-order valence-electron chi connectivity index (χ1n) is 6.96. The summed E-state index contributed by atoms with van der Waals surface area (Å²) in [5, 5.41) is 0. The summed E-state index contributed by atoms with van der Waals surface area (Å²) in [5.41, 5.74) is 2.26. The Balaban J connectivity index is 2.95. The number of hydrogen-bond donors (Lipinski definition) is 0. The molecule has 3 heteroatoms. The average Bonchev–Trinajstić information content (AvgIpc) is 2.38. The number of amides is 1. The first-order chi connectivity index (χ1) is 8.99. The molecule has 0 bridgehead atoms. The van der Waals surface area contributed by atoms with Crippen molar-refractivity contribution in [2.75, 3.05) is 27.7 Å². The van der Waals surface area contributed by atoms with Gasteiger partial charge in [-0.1, -0.05) is 37.6 Å². The molecule has 3 nitrogen and oxygen atoms in total. The van der Waals surface area contributed by atoms with Crippen LogP contribution in [-0.2, 0) is 4.79 Å². The van der Waals surface area contributed by atoms with Crippen molar-refractivity contribution < 1.29 is 4.79 Å². The van der Waals surface area contributed by atoms with Crippen LogP contribution >= 0.6 is 0 Å². The van der Waals surface area contributed by atoms with Crippen molar-refractivity contribution in [3.8, 4) is 0 Å². The molecule has 1 atom stereocenters. The first kappa shape index (κ1) is 15.7. The number of hydrogen-bond acceptors (Lipinski definition) is 2. The van der Waals surface area contributed by atoms with Gasteiger partial charge in [0.05, 0.1) is 0 Å². The maximum atomic E-state index is 12.6. The van der Waals surface area contributed by atoms with Gasteiger partial charge in [0.25, 0.3) is 0 Å². The largest absolute Gasteiger partial charge is 0.344 e. The van der Waals surface area contributed by atoms with Crippen LogP contribution in [0.5, 0.6) is 0 Å². The predicted molar refractivity (Wildman–Crippen MR) is 80.2 cm³/mol. The minimum atomic E-state index is -0.192. The van der Waals surface area contributed by atoms with E-state index >= 15 is 0 Å². The molecule has 0 radical (unpaired) electrons. The summed E-state index contributed by atoms with van der Waals surface area (Å²) >= 11 is 0. The summed E-state index contributed by atoms with van der Waals surface area (Å²) in [6.07, 6.45) is 2.16. The van der Waals surface area contributed by atoms with E-state index in [-0.39, 0.29) is 11.9 Å². The summed E-state index contributed by atoms with van der Waals surface area (Å²) in [7, 11) is 5.82. The third kappa shape index (κ3) is 4.06. The third-order valence-corrected chi connectivity index (χ3v) is 3.46. The lowest BCUT2D eigenvalue weighted by molar-refractivity contribution is -0.135. The number of likely N-dealkylation sites (N-methyl/N-ethyl adjacent to an activating group) is 2.